The Morgan fingerprint density at radius 2 is 2.00 bits per heavy atom. The molecular weight excluding hydrogens is 216 g/mol. The lowest BCUT2D eigenvalue weighted by molar-refractivity contribution is 0.370. The summed E-state index contributed by atoms with van der Waals surface area (Å²) in [5.41, 5.74) is 2.57. The number of nitriles is 2. The molecule has 0 heterocycles. The van der Waals surface area contributed by atoms with Crippen LogP contribution in [0.15, 0.2) is 17.7 Å². The molecule has 1 aromatic carbocycles. The molecule has 1 N–H and O–H groups in total. The third kappa shape index (κ3) is 1.60. The van der Waals surface area contributed by atoms with Gasteiger partial charge in [0, 0.05) is 5.56 Å². The number of rotatable bonds is 1. The number of allylic oxidation sites excluding steroid dienone is 2. The fourth-order valence-electron chi connectivity index (χ4n) is 2.18. The molecule has 84 valence electrons. The van der Waals surface area contributed by atoms with Crippen molar-refractivity contribution in [2.75, 3.05) is 7.11 Å². The van der Waals surface area contributed by atoms with Crippen molar-refractivity contribution < 1.29 is 9.84 Å². The van der Waals surface area contributed by atoms with E-state index in [-0.39, 0.29) is 11.3 Å². The van der Waals surface area contributed by atoms with Crippen molar-refractivity contribution >= 4 is 5.57 Å². The summed E-state index contributed by atoms with van der Waals surface area (Å²) in [5.74, 6) is 0.524. The van der Waals surface area contributed by atoms with Crippen LogP contribution in [-0.2, 0) is 6.42 Å². The number of phenols is 1. The monoisotopic (exact) mass is 226 g/mol. The molecule has 0 radical (unpaired) electrons. The number of benzene rings is 1. The molecule has 0 fully saturated rings. The first-order chi connectivity index (χ1) is 8.22. The van der Waals surface area contributed by atoms with E-state index < -0.39 is 0 Å². The molecule has 1 aliphatic carbocycles. The van der Waals surface area contributed by atoms with Gasteiger partial charge in [0.05, 0.1) is 7.11 Å². The summed E-state index contributed by atoms with van der Waals surface area (Å²) >= 11 is 0. The molecule has 0 saturated heterocycles. The summed E-state index contributed by atoms with van der Waals surface area (Å²) in [6, 6.07) is 7.05. The first-order valence-electron chi connectivity index (χ1n) is 5.15. The Hall–Kier alpha value is -2.46. The van der Waals surface area contributed by atoms with Gasteiger partial charge in [-0.1, -0.05) is 6.07 Å². The summed E-state index contributed by atoms with van der Waals surface area (Å²) in [4.78, 5) is 0. The number of phenolic OH excluding ortho intramolecular Hbond substituents is 1. The summed E-state index contributed by atoms with van der Waals surface area (Å²) in [6.07, 6.45) is 1.31. The molecule has 1 aromatic rings. The molecule has 0 aromatic heterocycles. The molecule has 0 amide bonds. The van der Waals surface area contributed by atoms with Gasteiger partial charge < -0.3 is 9.84 Å². The first kappa shape index (κ1) is 11.0. The predicted octanol–water partition coefficient (Wildman–Crippen LogP) is 2.15. The Morgan fingerprint density at radius 1 is 1.29 bits per heavy atom. The zero-order valence-corrected chi connectivity index (χ0v) is 9.32. The van der Waals surface area contributed by atoms with E-state index in [0.29, 0.717) is 18.6 Å². The maximum absolute atomic E-state index is 9.64. The van der Waals surface area contributed by atoms with Gasteiger partial charge in [-0.3, -0.25) is 0 Å². The van der Waals surface area contributed by atoms with E-state index in [1.165, 1.54) is 13.2 Å². The third-order valence-electron chi connectivity index (χ3n) is 2.92. The third-order valence-corrected chi connectivity index (χ3v) is 2.92. The van der Waals surface area contributed by atoms with E-state index in [4.69, 9.17) is 15.3 Å². The van der Waals surface area contributed by atoms with E-state index >= 15 is 0 Å². The maximum Gasteiger partial charge on any atom is 0.164 e. The molecule has 4 nitrogen and oxygen atoms in total. The van der Waals surface area contributed by atoms with Gasteiger partial charge in [0.15, 0.2) is 11.5 Å². The predicted molar refractivity (Wildman–Crippen MR) is 61.1 cm³/mol. The fourth-order valence-corrected chi connectivity index (χ4v) is 2.18. The Labute approximate surface area is 99.0 Å². The molecule has 0 spiro atoms. The fraction of sp³-hybridized carbons (Fsp3) is 0.231. The Balaban J connectivity index is 2.68. The van der Waals surface area contributed by atoms with Crippen molar-refractivity contribution in [1.82, 2.24) is 0 Å². The van der Waals surface area contributed by atoms with Gasteiger partial charge in [-0.2, -0.15) is 10.5 Å². The molecule has 0 atom stereocenters. The molecule has 4 heteroatoms. The highest BCUT2D eigenvalue weighted by molar-refractivity contribution is 5.82. The number of fused-ring (bicyclic) bond motifs is 1. The molecule has 17 heavy (non-hydrogen) atoms. The van der Waals surface area contributed by atoms with Gasteiger partial charge in [-0.15, -0.1) is 0 Å². The minimum absolute atomic E-state index is 0.0861. The zero-order valence-electron chi connectivity index (χ0n) is 9.32. The van der Waals surface area contributed by atoms with Crippen LogP contribution in [0.4, 0.5) is 0 Å². The highest BCUT2D eigenvalue weighted by Crippen LogP contribution is 2.43. The number of ether oxygens (including phenoxy) is 1. The normalized spacial score (nSPS) is 12.5. The van der Waals surface area contributed by atoms with Gasteiger partial charge in [-0.25, -0.2) is 0 Å². The van der Waals surface area contributed by atoms with Gasteiger partial charge in [-0.05, 0) is 30.0 Å². The lowest BCUT2D eigenvalue weighted by atomic mass is 10.0. The van der Waals surface area contributed by atoms with E-state index in [1.807, 2.05) is 12.1 Å². The quantitative estimate of drug-likeness (QED) is 0.744. The van der Waals surface area contributed by atoms with Crippen LogP contribution in [0, 0.1) is 22.7 Å². The zero-order chi connectivity index (χ0) is 12.4. The number of hydrogen-bond donors (Lipinski definition) is 1. The number of hydrogen-bond acceptors (Lipinski definition) is 4. The van der Waals surface area contributed by atoms with Crippen molar-refractivity contribution in [3.8, 4) is 23.6 Å². The van der Waals surface area contributed by atoms with Crippen molar-refractivity contribution in [2.24, 2.45) is 0 Å². The largest absolute Gasteiger partial charge is 0.504 e. The SMILES string of the molecule is COc1c(O)ccc2c1CCC2=C(C#N)C#N. The van der Waals surface area contributed by atoms with Crippen molar-refractivity contribution in [3.63, 3.8) is 0 Å². The number of methoxy groups -OCH3 is 1. The Morgan fingerprint density at radius 3 is 2.59 bits per heavy atom. The van der Waals surface area contributed by atoms with Crippen LogP contribution in [0.1, 0.15) is 17.5 Å². The van der Waals surface area contributed by atoms with E-state index in [1.54, 1.807) is 6.07 Å². The van der Waals surface area contributed by atoms with E-state index in [2.05, 4.69) is 0 Å². The molecule has 0 saturated carbocycles. The standard InChI is InChI=1S/C13H10N2O2/c1-17-13-11-3-2-9(8(6-14)7-15)10(11)4-5-12(13)16/h4-5,16H,2-3H2,1H3. The smallest absolute Gasteiger partial charge is 0.164 e. The van der Waals surface area contributed by atoms with Crippen molar-refractivity contribution in [2.45, 2.75) is 12.8 Å². The Kier molecular flexibility index (Phi) is 2.72. The van der Waals surface area contributed by atoms with Crippen LogP contribution < -0.4 is 4.74 Å². The molecule has 0 unspecified atom stereocenters. The molecule has 1 aliphatic rings. The Bertz CT molecular complexity index is 573. The summed E-state index contributed by atoms with van der Waals surface area (Å²) in [5, 5.41) is 27.4. The first-order valence-corrected chi connectivity index (χ1v) is 5.15. The van der Waals surface area contributed by atoms with Gasteiger partial charge in [0.25, 0.3) is 0 Å². The average Bonchev–Trinajstić information content (AvgIpc) is 2.75. The van der Waals surface area contributed by atoms with Gasteiger partial charge >= 0.3 is 0 Å². The number of nitrogens with zero attached hydrogens (tertiary/aromatic N) is 2. The molecule has 2 rings (SSSR count). The minimum atomic E-state index is 0.0861. The highest BCUT2D eigenvalue weighted by atomic mass is 16.5. The van der Waals surface area contributed by atoms with E-state index in [0.717, 1.165) is 16.7 Å². The maximum atomic E-state index is 9.64. The highest BCUT2D eigenvalue weighted by Gasteiger charge is 2.24. The van der Waals surface area contributed by atoms with Crippen LogP contribution >= 0.6 is 0 Å². The van der Waals surface area contributed by atoms with Gasteiger partial charge in [0.2, 0.25) is 0 Å². The summed E-state index contributed by atoms with van der Waals surface area (Å²) in [6.45, 7) is 0. The van der Waals surface area contributed by atoms with Crippen LogP contribution in [0.3, 0.4) is 0 Å². The van der Waals surface area contributed by atoms with Crippen LogP contribution in [0.25, 0.3) is 5.57 Å². The van der Waals surface area contributed by atoms with Gasteiger partial charge in [0.1, 0.15) is 17.7 Å². The average molecular weight is 226 g/mol. The lowest BCUT2D eigenvalue weighted by Gasteiger charge is -2.09. The second-order valence-electron chi connectivity index (χ2n) is 3.72. The second kappa shape index (κ2) is 4.19. The second-order valence-corrected chi connectivity index (χ2v) is 3.72. The summed E-state index contributed by atoms with van der Waals surface area (Å²) < 4.78 is 5.14. The topological polar surface area (TPSA) is 77.0 Å². The summed E-state index contributed by atoms with van der Waals surface area (Å²) in [7, 11) is 1.49. The molecule has 0 bridgehead atoms. The van der Waals surface area contributed by atoms with Crippen LogP contribution in [-0.4, -0.2) is 12.2 Å². The van der Waals surface area contributed by atoms with E-state index in [9.17, 15) is 5.11 Å². The van der Waals surface area contributed by atoms with Crippen molar-refractivity contribution in [3.05, 3.63) is 28.8 Å². The van der Waals surface area contributed by atoms with Crippen LogP contribution in [0.5, 0.6) is 11.5 Å². The minimum Gasteiger partial charge on any atom is -0.504 e. The number of aromatic hydroxyl groups is 1. The molecule has 0 aliphatic heterocycles. The van der Waals surface area contributed by atoms with Crippen LogP contribution in [0.2, 0.25) is 0 Å². The lowest BCUT2D eigenvalue weighted by Crippen LogP contribution is -1.91. The molecular formula is C13H10N2O2. The van der Waals surface area contributed by atoms with Crippen molar-refractivity contribution in [1.29, 1.82) is 10.5 Å².